The van der Waals surface area contributed by atoms with Crippen LogP contribution < -0.4 is 0 Å². The first-order chi connectivity index (χ1) is 13.5. The van der Waals surface area contributed by atoms with Crippen molar-refractivity contribution in [2.75, 3.05) is 13.7 Å². The highest BCUT2D eigenvalue weighted by Gasteiger charge is 2.10. The van der Waals surface area contributed by atoms with Gasteiger partial charge in [-0.2, -0.15) is 0 Å². The van der Waals surface area contributed by atoms with E-state index in [1.165, 1.54) is 5.56 Å². The van der Waals surface area contributed by atoms with E-state index in [1.807, 2.05) is 35.8 Å². The zero-order valence-electron chi connectivity index (χ0n) is 17.4. The molecule has 1 unspecified atom stereocenters. The predicted octanol–water partition coefficient (Wildman–Crippen LogP) is 4.57. The van der Waals surface area contributed by atoms with Crippen LogP contribution in [-0.4, -0.2) is 39.5 Å². The van der Waals surface area contributed by atoms with Gasteiger partial charge in [0.2, 0.25) is 0 Å². The van der Waals surface area contributed by atoms with Gasteiger partial charge in [-0.1, -0.05) is 12.2 Å². The Balaban J connectivity index is 0.000000370. The van der Waals surface area contributed by atoms with E-state index in [9.17, 15) is 5.11 Å². The summed E-state index contributed by atoms with van der Waals surface area (Å²) in [6.07, 6.45) is 14.1. The van der Waals surface area contributed by atoms with Gasteiger partial charge in [-0.3, -0.25) is 0 Å². The fraction of sp³-hybridized carbons (Fsp3) is 0.348. The number of allylic oxidation sites excluding steroid dienone is 1. The number of aliphatic hydroxyl groups excluding tert-OH is 1. The van der Waals surface area contributed by atoms with Gasteiger partial charge in [-0.15, -0.1) is 12.3 Å². The lowest BCUT2D eigenvalue weighted by Gasteiger charge is -2.04. The molecule has 0 aliphatic carbocycles. The highest BCUT2D eigenvalue weighted by molar-refractivity contribution is 5.83. The number of aromatic nitrogens is 3. The number of pyridine rings is 1. The smallest absolute Gasteiger partial charge is 0.137 e. The molecule has 0 saturated carbocycles. The van der Waals surface area contributed by atoms with Gasteiger partial charge in [0, 0.05) is 48.9 Å². The first kappa shape index (κ1) is 23.2. The Morgan fingerprint density at radius 3 is 2.68 bits per heavy atom. The molecular weight excluding hydrogens is 350 g/mol. The molecule has 0 radical (unpaired) electrons. The van der Waals surface area contributed by atoms with E-state index in [4.69, 9.17) is 4.74 Å². The number of fused-ring (bicyclic) bond motifs is 1. The van der Waals surface area contributed by atoms with Crippen molar-refractivity contribution in [3.63, 3.8) is 0 Å². The minimum absolute atomic E-state index is 0.343. The average molecular weight is 382 g/mol. The second-order valence-electron chi connectivity index (χ2n) is 6.34. The molecule has 3 heterocycles. The van der Waals surface area contributed by atoms with Crippen LogP contribution in [0.25, 0.3) is 22.3 Å². The van der Waals surface area contributed by atoms with Gasteiger partial charge in [0.25, 0.3) is 0 Å². The molecule has 28 heavy (non-hydrogen) atoms. The summed E-state index contributed by atoms with van der Waals surface area (Å²) in [5.41, 5.74) is 4.31. The molecule has 0 aromatic carbocycles. The molecule has 3 aromatic rings. The summed E-state index contributed by atoms with van der Waals surface area (Å²) in [5, 5.41) is 10.6. The molecule has 5 heteroatoms. The monoisotopic (exact) mass is 381 g/mol. The minimum Gasteiger partial charge on any atom is -0.392 e. The van der Waals surface area contributed by atoms with E-state index < -0.39 is 0 Å². The second kappa shape index (κ2) is 12.6. The van der Waals surface area contributed by atoms with Crippen LogP contribution in [0.15, 0.2) is 48.9 Å². The highest BCUT2D eigenvalue weighted by atomic mass is 16.5. The number of nitrogens with zero attached hydrogens (tertiary/aromatic N) is 2. The van der Waals surface area contributed by atoms with E-state index in [2.05, 4.69) is 47.7 Å². The van der Waals surface area contributed by atoms with E-state index >= 15 is 0 Å². The number of aryl methyl sites for hydroxylation is 1. The number of aromatic amines is 1. The molecule has 2 N–H and O–H groups in total. The maximum atomic E-state index is 9.45. The van der Waals surface area contributed by atoms with Crippen molar-refractivity contribution in [1.82, 2.24) is 14.5 Å². The van der Waals surface area contributed by atoms with Crippen LogP contribution in [-0.2, 0) is 11.3 Å². The summed E-state index contributed by atoms with van der Waals surface area (Å²) in [6.45, 7) is 8.84. The van der Waals surface area contributed by atoms with Gasteiger partial charge in [0.05, 0.1) is 12.7 Å². The third kappa shape index (κ3) is 7.43. The highest BCUT2D eigenvalue weighted by Crippen LogP contribution is 2.26. The van der Waals surface area contributed by atoms with Gasteiger partial charge in [-0.05, 0) is 51.5 Å². The fourth-order valence-corrected chi connectivity index (χ4v) is 2.61. The molecule has 3 aromatic heterocycles. The third-order valence-corrected chi connectivity index (χ3v) is 3.73. The van der Waals surface area contributed by atoms with Crippen molar-refractivity contribution in [1.29, 1.82) is 0 Å². The standard InChI is InChI=1S/C15H17N3O.C5H10O.C3H4/c1-10-7-18(8-11(2)19)9-13(10)14-6-12-4-3-5-16-15(12)17-14;1-3-4-5-6-2;1-3-2/h3-7,9,11,19H,8H2,1-2H3,(H,16,17);3-4H,5H2,1-2H3;1H,2H3/b;4-3-;. The van der Waals surface area contributed by atoms with Crippen LogP contribution in [0.3, 0.4) is 0 Å². The molecule has 0 spiro atoms. The van der Waals surface area contributed by atoms with Gasteiger partial charge < -0.3 is 19.4 Å². The summed E-state index contributed by atoms with van der Waals surface area (Å²) < 4.78 is 6.72. The lowest BCUT2D eigenvalue weighted by Crippen LogP contribution is -2.09. The summed E-state index contributed by atoms with van der Waals surface area (Å²) >= 11 is 0. The van der Waals surface area contributed by atoms with Crippen LogP contribution >= 0.6 is 0 Å². The zero-order chi connectivity index (χ0) is 20.9. The average Bonchev–Trinajstić information content (AvgIpc) is 3.23. The number of hydrogen-bond acceptors (Lipinski definition) is 3. The molecule has 0 aliphatic heterocycles. The Morgan fingerprint density at radius 1 is 1.43 bits per heavy atom. The molecule has 150 valence electrons. The van der Waals surface area contributed by atoms with Crippen LogP contribution in [0.2, 0.25) is 0 Å². The summed E-state index contributed by atoms with van der Waals surface area (Å²) in [5.74, 6) is 2.25. The number of nitrogens with one attached hydrogen (secondary N) is 1. The van der Waals surface area contributed by atoms with Crippen LogP contribution in [0, 0.1) is 19.3 Å². The van der Waals surface area contributed by atoms with Crippen molar-refractivity contribution in [2.45, 2.75) is 40.3 Å². The maximum Gasteiger partial charge on any atom is 0.137 e. The first-order valence-electron chi connectivity index (χ1n) is 9.22. The Bertz CT molecular complexity index is 865. The van der Waals surface area contributed by atoms with Crippen molar-refractivity contribution in [2.24, 2.45) is 0 Å². The molecule has 3 rings (SSSR count). The van der Waals surface area contributed by atoms with Crippen molar-refractivity contribution in [3.8, 4) is 23.6 Å². The number of terminal acetylenes is 1. The Labute approximate surface area is 168 Å². The third-order valence-electron chi connectivity index (χ3n) is 3.73. The van der Waals surface area contributed by atoms with E-state index in [0.29, 0.717) is 6.54 Å². The van der Waals surface area contributed by atoms with Crippen molar-refractivity contribution < 1.29 is 9.84 Å². The van der Waals surface area contributed by atoms with Gasteiger partial charge in [0.15, 0.2) is 0 Å². The Morgan fingerprint density at radius 2 is 2.14 bits per heavy atom. The lowest BCUT2D eigenvalue weighted by molar-refractivity contribution is 0.174. The largest absolute Gasteiger partial charge is 0.392 e. The normalized spacial score (nSPS) is 11.3. The van der Waals surface area contributed by atoms with E-state index in [-0.39, 0.29) is 6.10 Å². The van der Waals surface area contributed by atoms with Crippen molar-refractivity contribution >= 4 is 11.0 Å². The predicted molar refractivity (Wildman–Crippen MR) is 117 cm³/mol. The molecule has 5 nitrogen and oxygen atoms in total. The second-order valence-corrected chi connectivity index (χ2v) is 6.34. The molecule has 0 bridgehead atoms. The molecule has 0 fully saturated rings. The number of rotatable bonds is 5. The minimum atomic E-state index is -0.343. The molecule has 0 amide bonds. The number of aliphatic hydroxyl groups is 1. The SMILES string of the molecule is C#CC.C/C=C\COC.Cc1cn(CC(C)O)cc1-c1cc2cccnc2[nH]1. The number of ether oxygens (including phenoxy) is 1. The van der Waals surface area contributed by atoms with Crippen LogP contribution in [0.1, 0.15) is 26.3 Å². The summed E-state index contributed by atoms with van der Waals surface area (Å²) in [4.78, 5) is 7.64. The van der Waals surface area contributed by atoms with Gasteiger partial charge >= 0.3 is 0 Å². The van der Waals surface area contributed by atoms with Crippen molar-refractivity contribution in [3.05, 3.63) is 54.5 Å². The van der Waals surface area contributed by atoms with Crippen LogP contribution in [0.4, 0.5) is 0 Å². The molecule has 0 aliphatic rings. The molecular formula is C23H31N3O2. The summed E-state index contributed by atoms with van der Waals surface area (Å²) in [6, 6.07) is 6.09. The zero-order valence-corrected chi connectivity index (χ0v) is 17.4. The number of hydrogen-bond donors (Lipinski definition) is 2. The first-order valence-corrected chi connectivity index (χ1v) is 9.22. The Hall–Kier alpha value is -2.81. The molecule has 1 atom stereocenters. The van der Waals surface area contributed by atoms with Gasteiger partial charge in [0.1, 0.15) is 5.65 Å². The quantitative estimate of drug-likeness (QED) is 0.503. The fourth-order valence-electron chi connectivity index (χ4n) is 2.61. The van der Waals surface area contributed by atoms with Crippen LogP contribution in [0.5, 0.6) is 0 Å². The summed E-state index contributed by atoms with van der Waals surface area (Å²) in [7, 11) is 1.68. The number of H-pyrrole nitrogens is 1. The number of methoxy groups -OCH3 is 1. The maximum absolute atomic E-state index is 9.45. The lowest BCUT2D eigenvalue weighted by atomic mass is 10.1. The topological polar surface area (TPSA) is 63.1 Å². The van der Waals surface area contributed by atoms with E-state index in [0.717, 1.165) is 28.9 Å². The van der Waals surface area contributed by atoms with Gasteiger partial charge in [-0.25, -0.2) is 4.98 Å². The van der Waals surface area contributed by atoms with E-state index in [1.54, 1.807) is 27.2 Å². The Kier molecular flexibility index (Phi) is 10.4. The molecule has 0 saturated heterocycles.